The van der Waals surface area contributed by atoms with E-state index in [1.165, 1.54) is 23.2 Å². The van der Waals surface area contributed by atoms with Crippen molar-refractivity contribution in [1.82, 2.24) is 9.88 Å². The van der Waals surface area contributed by atoms with E-state index >= 15 is 0 Å². The van der Waals surface area contributed by atoms with Gasteiger partial charge in [-0.1, -0.05) is 0 Å². The molecule has 0 radical (unpaired) electrons. The molecule has 0 saturated carbocycles. The van der Waals surface area contributed by atoms with Crippen LogP contribution in [-0.2, 0) is 0 Å². The van der Waals surface area contributed by atoms with Crippen LogP contribution in [0.1, 0.15) is 24.3 Å². The zero-order valence-corrected chi connectivity index (χ0v) is 11.0. The average Bonchev–Trinajstić information content (AvgIpc) is 2.38. The van der Waals surface area contributed by atoms with Gasteiger partial charge in [-0.15, -0.1) is 0 Å². The number of pyridine rings is 1. The van der Waals surface area contributed by atoms with Crippen molar-refractivity contribution in [1.29, 1.82) is 0 Å². The van der Waals surface area contributed by atoms with Crippen molar-refractivity contribution < 1.29 is 19.8 Å². The number of carbonyl (C=O) groups excluding carboxylic acids is 1. The molecular weight excluding hydrogens is 250 g/mol. The number of aromatic nitrogens is 1. The first kappa shape index (κ1) is 14.9. The lowest BCUT2D eigenvalue weighted by Gasteiger charge is -2.33. The summed E-state index contributed by atoms with van der Waals surface area (Å²) in [6, 6.07) is 2.34. The van der Waals surface area contributed by atoms with Gasteiger partial charge >= 0.3 is 12.0 Å². The van der Waals surface area contributed by atoms with E-state index in [9.17, 15) is 14.7 Å². The summed E-state index contributed by atoms with van der Waals surface area (Å²) in [5.74, 6) is -1.13. The quantitative estimate of drug-likeness (QED) is 0.755. The topological polar surface area (TPSA) is 103 Å². The number of anilines is 1. The zero-order chi connectivity index (χ0) is 14.6. The van der Waals surface area contributed by atoms with Gasteiger partial charge in [-0.2, -0.15) is 0 Å². The minimum absolute atomic E-state index is 0.0953. The Balaban J connectivity index is 2.74. The second kappa shape index (κ2) is 5.66. The lowest BCUT2D eigenvalue weighted by Crippen LogP contribution is -2.49. The number of likely N-dealkylation sites (N-methyl/N-ethyl adjacent to an activating group) is 1. The summed E-state index contributed by atoms with van der Waals surface area (Å²) in [7, 11) is 1.56. The molecule has 0 saturated heterocycles. The summed E-state index contributed by atoms with van der Waals surface area (Å²) in [6.45, 7) is 3.27. The number of carboxylic acids is 1. The number of hydrogen-bond acceptors (Lipinski definition) is 4. The number of amides is 2. The normalized spacial score (nSPS) is 10.9. The van der Waals surface area contributed by atoms with Crippen molar-refractivity contribution in [3.8, 4) is 0 Å². The number of nitrogens with zero attached hydrogens (tertiary/aromatic N) is 2. The first-order valence-corrected chi connectivity index (χ1v) is 5.63. The van der Waals surface area contributed by atoms with Gasteiger partial charge in [0.25, 0.3) is 0 Å². The maximum absolute atomic E-state index is 11.9. The molecule has 0 aromatic carbocycles. The fraction of sp³-hybridized carbons (Fsp3) is 0.417. The largest absolute Gasteiger partial charge is 0.477 e. The van der Waals surface area contributed by atoms with Gasteiger partial charge in [0, 0.05) is 7.05 Å². The Morgan fingerprint density at radius 3 is 2.47 bits per heavy atom. The van der Waals surface area contributed by atoms with Gasteiger partial charge in [0.05, 0.1) is 24.0 Å². The Bertz CT molecular complexity index is 470. The van der Waals surface area contributed by atoms with Crippen LogP contribution in [-0.4, -0.2) is 51.3 Å². The van der Waals surface area contributed by atoms with Crippen LogP contribution < -0.4 is 5.32 Å². The summed E-state index contributed by atoms with van der Waals surface area (Å²) < 4.78 is 0. The highest BCUT2D eigenvalue weighted by Crippen LogP contribution is 2.14. The summed E-state index contributed by atoms with van der Waals surface area (Å²) >= 11 is 0. The molecule has 1 aromatic rings. The molecule has 0 spiro atoms. The van der Waals surface area contributed by atoms with Crippen molar-refractivity contribution in [2.45, 2.75) is 19.4 Å². The SMILES string of the molecule is CN(C(=O)Nc1ccc(C(=O)O)nc1)C(C)(C)CO. The van der Waals surface area contributed by atoms with Crippen molar-refractivity contribution in [2.75, 3.05) is 19.0 Å². The Labute approximate surface area is 110 Å². The smallest absolute Gasteiger partial charge is 0.354 e. The maximum Gasteiger partial charge on any atom is 0.354 e. The molecule has 0 aliphatic carbocycles. The molecule has 0 aliphatic heterocycles. The van der Waals surface area contributed by atoms with E-state index in [0.717, 1.165) is 0 Å². The van der Waals surface area contributed by atoms with Crippen molar-refractivity contribution in [3.05, 3.63) is 24.0 Å². The molecule has 1 rings (SSSR count). The Morgan fingerprint density at radius 2 is 2.05 bits per heavy atom. The number of carbonyl (C=O) groups is 2. The van der Waals surface area contributed by atoms with Crippen LogP contribution in [0.4, 0.5) is 10.5 Å². The molecule has 0 unspecified atom stereocenters. The van der Waals surface area contributed by atoms with Gasteiger partial charge in [-0.05, 0) is 26.0 Å². The predicted molar refractivity (Wildman–Crippen MR) is 69.1 cm³/mol. The van der Waals surface area contributed by atoms with E-state index in [1.807, 2.05) is 0 Å². The van der Waals surface area contributed by atoms with Gasteiger partial charge in [-0.25, -0.2) is 14.6 Å². The molecule has 104 valence electrons. The highest BCUT2D eigenvalue weighted by atomic mass is 16.4. The van der Waals surface area contributed by atoms with Crippen LogP contribution in [0.2, 0.25) is 0 Å². The Hall–Kier alpha value is -2.15. The standard InChI is InChI=1S/C12H17N3O4/c1-12(2,7-16)15(3)11(19)14-8-4-5-9(10(17)18)13-6-8/h4-6,16H,7H2,1-3H3,(H,14,19)(H,17,18). The van der Waals surface area contributed by atoms with E-state index in [0.29, 0.717) is 5.69 Å². The third kappa shape index (κ3) is 3.65. The lowest BCUT2D eigenvalue weighted by atomic mass is 10.1. The van der Waals surface area contributed by atoms with Gasteiger partial charge in [0.15, 0.2) is 0 Å². The van der Waals surface area contributed by atoms with Crippen LogP contribution in [0.15, 0.2) is 18.3 Å². The fourth-order valence-corrected chi connectivity index (χ4v) is 1.18. The second-order valence-corrected chi connectivity index (χ2v) is 4.70. The third-order valence-electron chi connectivity index (χ3n) is 2.83. The monoisotopic (exact) mass is 267 g/mol. The molecule has 0 fully saturated rings. The average molecular weight is 267 g/mol. The van der Waals surface area contributed by atoms with Gasteiger partial charge in [-0.3, -0.25) is 0 Å². The molecule has 0 bridgehead atoms. The number of urea groups is 1. The Morgan fingerprint density at radius 1 is 1.42 bits per heavy atom. The third-order valence-corrected chi connectivity index (χ3v) is 2.83. The number of rotatable bonds is 4. The van der Waals surface area contributed by atoms with Crippen LogP contribution in [0.5, 0.6) is 0 Å². The van der Waals surface area contributed by atoms with Crippen molar-refractivity contribution in [2.24, 2.45) is 0 Å². The molecule has 0 aliphatic rings. The van der Waals surface area contributed by atoms with Gasteiger partial charge < -0.3 is 20.4 Å². The highest BCUT2D eigenvalue weighted by molar-refractivity contribution is 5.90. The molecular formula is C12H17N3O4. The van der Waals surface area contributed by atoms with E-state index in [1.54, 1.807) is 20.9 Å². The molecule has 19 heavy (non-hydrogen) atoms. The first-order valence-electron chi connectivity index (χ1n) is 5.63. The number of nitrogens with one attached hydrogen (secondary N) is 1. The number of aromatic carboxylic acids is 1. The summed E-state index contributed by atoms with van der Waals surface area (Å²) in [4.78, 5) is 27.6. The maximum atomic E-state index is 11.9. The number of aliphatic hydroxyl groups excluding tert-OH is 1. The molecule has 7 heteroatoms. The van der Waals surface area contributed by atoms with Crippen molar-refractivity contribution in [3.63, 3.8) is 0 Å². The Kier molecular flexibility index (Phi) is 4.44. The van der Waals surface area contributed by atoms with Crippen LogP contribution >= 0.6 is 0 Å². The van der Waals surface area contributed by atoms with Gasteiger partial charge in [0.1, 0.15) is 5.69 Å². The number of hydrogen-bond donors (Lipinski definition) is 3. The second-order valence-electron chi connectivity index (χ2n) is 4.70. The van der Waals surface area contributed by atoms with E-state index in [-0.39, 0.29) is 12.3 Å². The minimum Gasteiger partial charge on any atom is -0.477 e. The number of aliphatic hydroxyl groups is 1. The van der Waals surface area contributed by atoms with Crippen LogP contribution in [0, 0.1) is 0 Å². The first-order chi connectivity index (χ1) is 8.77. The van der Waals surface area contributed by atoms with Crippen LogP contribution in [0.25, 0.3) is 0 Å². The summed E-state index contributed by atoms with van der Waals surface area (Å²) in [6.07, 6.45) is 1.27. The zero-order valence-electron chi connectivity index (χ0n) is 11.0. The van der Waals surface area contributed by atoms with Crippen LogP contribution in [0.3, 0.4) is 0 Å². The minimum atomic E-state index is -1.13. The molecule has 7 nitrogen and oxygen atoms in total. The van der Waals surface area contributed by atoms with E-state index < -0.39 is 17.5 Å². The fourth-order valence-electron chi connectivity index (χ4n) is 1.18. The highest BCUT2D eigenvalue weighted by Gasteiger charge is 2.26. The van der Waals surface area contributed by atoms with Crippen molar-refractivity contribution >= 4 is 17.7 Å². The number of carboxylic acid groups (broad SMARTS) is 1. The molecule has 1 heterocycles. The molecule has 3 N–H and O–H groups in total. The van der Waals surface area contributed by atoms with E-state index in [4.69, 9.17) is 5.11 Å². The lowest BCUT2D eigenvalue weighted by molar-refractivity contribution is 0.0690. The summed E-state index contributed by atoms with van der Waals surface area (Å²) in [5, 5.41) is 20.4. The molecule has 2 amide bonds. The molecule has 1 aromatic heterocycles. The predicted octanol–water partition coefficient (Wildman–Crippen LogP) is 1.01. The van der Waals surface area contributed by atoms with Gasteiger partial charge in [0.2, 0.25) is 0 Å². The molecule has 0 atom stereocenters. The summed E-state index contributed by atoms with van der Waals surface area (Å²) in [5.41, 5.74) is -0.406. The van der Waals surface area contributed by atoms with E-state index in [2.05, 4.69) is 10.3 Å².